The van der Waals surface area contributed by atoms with Crippen molar-refractivity contribution in [2.75, 3.05) is 38.2 Å². The Kier molecular flexibility index (Phi) is 6.71. The smallest absolute Gasteiger partial charge is 0.223 e. The lowest BCUT2D eigenvalue weighted by Gasteiger charge is -2.23. The number of hydrogen-bond acceptors (Lipinski definition) is 6. The van der Waals surface area contributed by atoms with Gasteiger partial charge >= 0.3 is 0 Å². The van der Waals surface area contributed by atoms with Gasteiger partial charge in [0.05, 0.1) is 24.9 Å². The number of benzene rings is 2. The van der Waals surface area contributed by atoms with Crippen molar-refractivity contribution in [3.8, 4) is 23.1 Å². The van der Waals surface area contributed by atoms with Crippen molar-refractivity contribution in [2.24, 2.45) is 0 Å². The van der Waals surface area contributed by atoms with E-state index in [1.165, 1.54) is 0 Å². The molecule has 4 rings (SSSR count). The van der Waals surface area contributed by atoms with Crippen molar-refractivity contribution in [1.82, 2.24) is 9.88 Å². The minimum Gasteiger partial charge on any atom is -0.497 e. The zero-order valence-electron chi connectivity index (χ0n) is 18.2. The number of nitriles is 1. The van der Waals surface area contributed by atoms with Gasteiger partial charge in [0.2, 0.25) is 5.91 Å². The maximum atomic E-state index is 12.8. The van der Waals surface area contributed by atoms with Crippen molar-refractivity contribution in [1.29, 1.82) is 5.26 Å². The second-order valence-electron chi connectivity index (χ2n) is 7.73. The summed E-state index contributed by atoms with van der Waals surface area (Å²) in [5.41, 5.74) is 2.66. The molecule has 1 aliphatic heterocycles. The van der Waals surface area contributed by atoms with Gasteiger partial charge in [0, 0.05) is 50.3 Å². The van der Waals surface area contributed by atoms with Crippen molar-refractivity contribution in [3.05, 3.63) is 66.2 Å². The van der Waals surface area contributed by atoms with Crippen LogP contribution in [0.3, 0.4) is 0 Å². The van der Waals surface area contributed by atoms with Crippen LogP contribution >= 0.6 is 0 Å². The van der Waals surface area contributed by atoms with E-state index in [0.717, 1.165) is 43.1 Å². The average molecular weight is 431 g/mol. The fraction of sp³-hybridized carbons (Fsp3) is 0.320. The Hall–Kier alpha value is -3.79. The number of aryl methyl sites for hydroxylation is 1. The van der Waals surface area contributed by atoms with Gasteiger partial charge in [0.25, 0.3) is 0 Å². The third-order valence-electron chi connectivity index (χ3n) is 5.69. The Morgan fingerprint density at radius 1 is 1.09 bits per heavy atom. The Morgan fingerprint density at radius 3 is 2.59 bits per heavy atom. The predicted octanol–water partition coefficient (Wildman–Crippen LogP) is 3.89. The Bertz CT molecular complexity index is 1080. The minimum atomic E-state index is 0.121. The van der Waals surface area contributed by atoms with Crippen molar-refractivity contribution in [2.45, 2.75) is 19.3 Å². The van der Waals surface area contributed by atoms with Gasteiger partial charge in [-0.25, -0.2) is 4.98 Å². The molecule has 0 saturated carbocycles. The molecule has 2 aromatic carbocycles. The third-order valence-corrected chi connectivity index (χ3v) is 5.69. The molecular weight excluding hydrogens is 404 g/mol. The number of rotatable bonds is 6. The fourth-order valence-electron chi connectivity index (χ4n) is 3.86. The van der Waals surface area contributed by atoms with E-state index in [0.29, 0.717) is 36.6 Å². The molecule has 0 atom stereocenters. The number of carbonyl (C=O) groups is 1. The van der Waals surface area contributed by atoms with Crippen LogP contribution in [0, 0.1) is 11.3 Å². The second-order valence-corrected chi connectivity index (χ2v) is 7.73. The van der Waals surface area contributed by atoms with Gasteiger partial charge in [-0.2, -0.15) is 5.26 Å². The van der Waals surface area contributed by atoms with E-state index in [1.807, 2.05) is 53.4 Å². The highest BCUT2D eigenvalue weighted by Gasteiger charge is 2.20. The van der Waals surface area contributed by atoms with Crippen LogP contribution in [-0.4, -0.2) is 49.1 Å². The van der Waals surface area contributed by atoms with E-state index in [-0.39, 0.29) is 5.91 Å². The Balaban J connectivity index is 1.29. The molecule has 1 fully saturated rings. The summed E-state index contributed by atoms with van der Waals surface area (Å²) in [5, 5.41) is 8.97. The number of hydrogen-bond donors (Lipinski definition) is 0. The van der Waals surface area contributed by atoms with Gasteiger partial charge in [-0.15, -0.1) is 0 Å². The number of methoxy groups -OCH3 is 1. The second kappa shape index (κ2) is 10.0. The molecule has 7 nitrogen and oxygen atoms in total. The van der Waals surface area contributed by atoms with Crippen LogP contribution < -0.4 is 9.64 Å². The SMILES string of the molecule is COc1ccc(-c2cnc(CCC(=O)N3CCCN(c4ccc(C#N)cc4)CC3)o2)cc1. The van der Waals surface area contributed by atoms with Crippen LogP contribution in [0.15, 0.2) is 59.1 Å². The molecule has 32 heavy (non-hydrogen) atoms. The number of amides is 1. The summed E-state index contributed by atoms with van der Waals surface area (Å²) in [6.45, 7) is 3.09. The lowest BCUT2D eigenvalue weighted by molar-refractivity contribution is -0.131. The molecule has 0 unspecified atom stereocenters. The summed E-state index contributed by atoms with van der Waals surface area (Å²) in [4.78, 5) is 21.3. The first-order valence-electron chi connectivity index (χ1n) is 10.8. The number of oxazole rings is 1. The highest BCUT2D eigenvalue weighted by molar-refractivity contribution is 5.76. The largest absolute Gasteiger partial charge is 0.497 e. The van der Waals surface area contributed by atoms with E-state index < -0.39 is 0 Å². The number of aromatic nitrogens is 1. The fourth-order valence-corrected chi connectivity index (χ4v) is 3.86. The monoisotopic (exact) mass is 430 g/mol. The summed E-state index contributed by atoms with van der Waals surface area (Å²) in [6.07, 6.45) is 3.46. The molecular formula is C25H26N4O3. The topological polar surface area (TPSA) is 82.6 Å². The molecule has 1 amide bonds. The van der Waals surface area contributed by atoms with Crippen molar-refractivity contribution in [3.63, 3.8) is 0 Å². The van der Waals surface area contributed by atoms with Gasteiger partial charge in [-0.1, -0.05) is 0 Å². The van der Waals surface area contributed by atoms with Crippen LogP contribution in [-0.2, 0) is 11.2 Å². The Morgan fingerprint density at radius 2 is 1.88 bits per heavy atom. The average Bonchev–Trinajstić information content (AvgIpc) is 3.18. The van der Waals surface area contributed by atoms with Gasteiger partial charge < -0.3 is 19.0 Å². The molecule has 0 bridgehead atoms. The van der Waals surface area contributed by atoms with Crippen LogP contribution in [0.4, 0.5) is 5.69 Å². The highest BCUT2D eigenvalue weighted by Crippen LogP contribution is 2.24. The van der Waals surface area contributed by atoms with E-state index >= 15 is 0 Å². The third kappa shape index (κ3) is 5.09. The van der Waals surface area contributed by atoms with Crippen molar-refractivity contribution >= 4 is 11.6 Å². The molecule has 7 heteroatoms. The lowest BCUT2D eigenvalue weighted by Crippen LogP contribution is -2.35. The zero-order valence-corrected chi connectivity index (χ0v) is 18.2. The lowest BCUT2D eigenvalue weighted by atomic mass is 10.2. The van der Waals surface area contributed by atoms with Gasteiger partial charge in [-0.3, -0.25) is 4.79 Å². The van der Waals surface area contributed by atoms with Crippen molar-refractivity contribution < 1.29 is 13.9 Å². The Labute approximate surface area is 187 Å². The minimum absolute atomic E-state index is 0.121. The van der Waals surface area contributed by atoms with Crippen LogP contribution in [0.1, 0.15) is 24.3 Å². The maximum absolute atomic E-state index is 12.8. The molecule has 1 aliphatic rings. The molecule has 164 valence electrons. The molecule has 0 radical (unpaired) electrons. The normalized spacial score (nSPS) is 14.0. The molecule has 1 saturated heterocycles. The zero-order chi connectivity index (χ0) is 22.3. The number of ether oxygens (including phenoxy) is 1. The summed E-state index contributed by atoms with van der Waals surface area (Å²) in [5.74, 6) is 2.16. The number of nitrogens with zero attached hydrogens (tertiary/aromatic N) is 4. The van der Waals surface area contributed by atoms with Gasteiger partial charge in [-0.05, 0) is 55.0 Å². The van der Waals surface area contributed by atoms with E-state index in [9.17, 15) is 4.79 Å². The number of carbonyl (C=O) groups excluding carboxylic acids is 1. The summed E-state index contributed by atoms with van der Waals surface area (Å²) in [7, 11) is 1.63. The first-order valence-corrected chi connectivity index (χ1v) is 10.8. The molecule has 1 aromatic heterocycles. The maximum Gasteiger partial charge on any atom is 0.223 e. The standard InChI is InChI=1S/C25H26N4O3/c1-31-22-9-5-20(6-10-22)23-18-27-24(32-23)11-12-25(30)29-14-2-13-28(15-16-29)21-7-3-19(17-26)4-8-21/h3-10,18H,2,11-16H2,1H3. The quantitative estimate of drug-likeness (QED) is 0.590. The highest BCUT2D eigenvalue weighted by atomic mass is 16.5. The van der Waals surface area contributed by atoms with Crippen LogP contribution in [0.2, 0.25) is 0 Å². The predicted molar refractivity (Wildman–Crippen MR) is 121 cm³/mol. The molecule has 0 spiro atoms. The van der Waals surface area contributed by atoms with Gasteiger partial charge in [0.15, 0.2) is 11.7 Å². The summed E-state index contributed by atoms with van der Waals surface area (Å²) in [6, 6.07) is 17.4. The molecule has 3 aromatic rings. The molecule has 2 heterocycles. The summed E-state index contributed by atoms with van der Waals surface area (Å²) < 4.78 is 11.0. The van der Waals surface area contributed by atoms with E-state index in [2.05, 4.69) is 16.0 Å². The van der Waals surface area contributed by atoms with Crippen LogP contribution in [0.25, 0.3) is 11.3 Å². The van der Waals surface area contributed by atoms with E-state index in [4.69, 9.17) is 14.4 Å². The van der Waals surface area contributed by atoms with Gasteiger partial charge in [0.1, 0.15) is 5.75 Å². The van der Waals surface area contributed by atoms with Crippen LogP contribution in [0.5, 0.6) is 5.75 Å². The number of anilines is 1. The van der Waals surface area contributed by atoms with E-state index in [1.54, 1.807) is 13.3 Å². The first-order chi connectivity index (χ1) is 15.7. The summed E-state index contributed by atoms with van der Waals surface area (Å²) >= 11 is 0. The molecule has 0 aliphatic carbocycles. The first kappa shape index (κ1) is 21.4. The molecule has 0 N–H and O–H groups in total.